The molecule has 0 aromatic carbocycles. The van der Waals surface area contributed by atoms with Crippen LogP contribution in [0.3, 0.4) is 0 Å². The molecule has 0 aliphatic carbocycles. The van der Waals surface area contributed by atoms with Gasteiger partial charge in [0.05, 0.1) is 0 Å². The van der Waals surface area contributed by atoms with Crippen molar-refractivity contribution in [1.29, 1.82) is 0 Å². The van der Waals surface area contributed by atoms with Crippen LogP contribution in [0.25, 0.3) is 0 Å². The summed E-state index contributed by atoms with van der Waals surface area (Å²) >= 11 is 0. The summed E-state index contributed by atoms with van der Waals surface area (Å²) in [4.78, 5) is 2.02. The summed E-state index contributed by atoms with van der Waals surface area (Å²) in [6.45, 7) is 11.8. The van der Waals surface area contributed by atoms with E-state index in [1.54, 1.807) is 0 Å². The molecule has 0 unspecified atom stereocenters. The van der Waals surface area contributed by atoms with Crippen molar-refractivity contribution in [2.24, 2.45) is 0 Å². The molecule has 0 N–H and O–H groups in total. The van der Waals surface area contributed by atoms with Gasteiger partial charge in [-0.25, -0.2) is 0 Å². The summed E-state index contributed by atoms with van der Waals surface area (Å²) in [7, 11) is 2.00. The first-order valence-electron chi connectivity index (χ1n) is 4.33. The third kappa shape index (κ3) is 4.02. The number of allylic oxidation sites excluding steroid dienone is 3. The van der Waals surface area contributed by atoms with Gasteiger partial charge in [-0.1, -0.05) is 32.6 Å². The minimum atomic E-state index is 1.05. The molecule has 1 heteroatoms. The Morgan fingerprint density at radius 1 is 1.50 bits per heavy atom. The SMILES string of the molecule is C=C/C(=C\N(C)C(=C)C)CCC. The molecule has 0 aliphatic heterocycles. The first kappa shape index (κ1) is 11.0. The maximum absolute atomic E-state index is 3.85. The van der Waals surface area contributed by atoms with Crippen LogP contribution >= 0.6 is 0 Å². The number of hydrogen-bond donors (Lipinski definition) is 0. The van der Waals surface area contributed by atoms with Gasteiger partial charge in [0.25, 0.3) is 0 Å². The highest BCUT2D eigenvalue weighted by molar-refractivity contribution is 5.16. The third-order valence-corrected chi connectivity index (χ3v) is 1.76. The van der Waals surface area contributed by atoms with E-state index in [2.05, 4.69) is 26.3 Å². The molecule has 12 heavy (non-hydrogen) atoms. The normalized spacial score (nSPS) is 11.1. The quantitative estimate of drug-likeness (QED) is 0.565. The first-order valence-corrected chi connectivity index (χ1v) is 4.33. The Morgan fingerprint density at radius 2 is 2.08 bits per heavy atom. The van der Waals surface area contributed by atoms with Gasteiger partial charge in [-0.05, 0) is 18.9 Å². The van der Waals surface area contributed by atoms with Crippen molar-refractivity contribution in [1.82, 2.24) is 4.90 Å². The minimum absolute atomic E-state index is 1.05. The van der Waals surface area contributed by atoms with E-state index < -0.39 is 0 Å². The van der Waals surface area contributed by atoms with Crippen molar-refractivity contribution in [3.63, 3.8) is 0 Å². The molecule has 0 radical (unpaired) electrons. The Hall–Kier alpha value is -0.980. The third-order valence-electron chi connectivity index (χ3n) is 1.76. The summed E-state index contributed by atoms with van der Waals surface area (Å²) in [5.41, 5.74) is 2.31. The lowest BCUT2D eigenvalue weighted by molar-refractivity contribution is 0.566. The van der Waals surface area contributed by atoms with Crippen molar-refractivity contribution in [2.45, 2.75) is 26.7 Å². The maximum atomic E-state index is 3.85. The summed E-state index contributed by atoms with van der Waals surface area (Å²) in [6, 6.07) is 0. The monoisotopic (exact) mass is 165 g/mol. The molecule has 0 amide bonds. The molecular weight excluding hydrogens is 146 g/mol. The van der Waals surface area contributed by atoms with Gasteiger partial charge in [-0.15, -0.1) is 0 Å². The average molecular weight is 165 g/mol. The predicted molar refractivity (Wildman–Crippen MR) is 55.8 cm³/mol. The van der Waals surface area contributed by atoms with Crippen molar-refractivity contribution in [3.05, 3.63) is 36.7 Å². The zero-order valence-electron chi connectivity index (χ0n) is 8.43. The van der Waals surface area contributed by atoms with Gasteiger partial charge in [0.1, 0.15) is 0 Å². The first-order chi connectivity index (χ1) is 5.61. The van der Waals surface area contributed by atoms with E-state index in [0.29, 0.717) is 0 Å². The molecule has 0 bridgehead atoms. The molecule has 0 spiro atoms. The zero-order valence-corrected chi connectivity index (χ0v) is 8.43. The summed E-state index contributed by atoms with van der Waals surface area (Å²) in [5.74, 6) is 0. The van der Waals surface area contributed by atoms with E-state index in [1.807, 2.05) is 24.9 Å². The second kappa shape index (κ2) is 5.64. The second-order valence-corrected chi connectivity index (χ2v) is 3.00. The van der Waals surface area contributed by atoms with Crippen LogP contribution in [0, 0.1) is 0 Å². The molecule has 0 aromatic rings. The summed E-state index contributed by atoms with van der Waals surface area (Å²) in [5, 5.41) is 0. The minimum Gasteiger partial charge on any atom is -0.355 e. The molecule has 0 saturated heterocycles. The standard InChI is InChI=1S/C11H19N/c1-6-8-11(7-2)9-12(5)10(3)4/h7,9H,2-3,6,8H2,1,4-5H3/b11-9+. The Bertz CT molecular complexity index is 189. The highest BCUT2D eigenvalue weighted by Gasteiger charge is 1.94. The zero-order chi connectivity index (χ0) is 9.56. The van der Waals surface area contributed by atoms with E-state index in [0.717, 1.165) is 18.5 Å². The largest absolute Gasteiger partial charge is 0.355 e. The van der Waals surface area contributed by atoms with Crippen molar-refractivity contribution < 1.29 is 0 Å². The van der Waals surface area contributed by atoms with Crippen molar-refractivity contribution in [2.75, 3.05) is 7.05 Å². The Labute approximate surface area is 76.1 Å². The van der Waals surface area contributed by atoms with E-state index in [9.17, 15) is 0 Å². The number of hydrogen-bond acceptors (Lipinski definition) is 1. The lowest BCUT2D eigenvalue weighted by Gasteiger charge is -2.14. The fourth-order valence-corrected chi connectivity index (χ4v) is 0.867. The van der Waals surface area contributed by atoms with Crippen LogP contribution in [-0.2, 0) is 0 Å². The molecule has 1 nitrogen and oxygen atoms in total. The average Bonchev–Trinajstić information content (AvgIpc) is 2.03. The molecule has 0 saturated carbocycles. The molecule has 0 atom stereocenters. The highest BCUT2D eigenvalue weighted by Crippen LogP contribution is 2.08. The molecule has 0 heterocycles. The molecule has 0 rings (SSSR count). The van der Waals surface area contributed by atoms with Crippen LogP contribution in [-0.4, -0.2) is 11.9 Å². The van der Waals surface area contributed by atoms with E-state index >= 15 is 0 Å². The van der Waals surface area contributed by atoms with Crippen LogP contribution in [0.1, 0.15) is 26.7 Å². The second-order valence-electron chi connectivity index (χ2n) is 3.00. The van der Waals surface area contributed by atoms with Crippen molar-refractivity contribution >= 4 is 0 Å². The number of rotatable bonds is 5. The van der Waals surface area contributed by atoms with Gasteiger partial charge in [-0.3, -0.25) is 0 Å². The lowest BCUT2D eigenvalue weighted by atomic mass is 10.1. The van der Waals surface area contributed by atoms with E-state index in [4.69, 9.17) is 0 Å². The van der Waals surface area contributed by atoms with Gasteiger partial charge < -0.3 is 4.90 Å². The summed E-state index contributed by atoms with van der Waals surface area (Å²) in [6.07, 6.45) is 6.23. The molecule has 0 aliphatic rings. The lowest BCUT2D eigenvalue weighted by Crippen LogP contribution is -2.07. The van der Waals surface area contributed by atoms with Gasteiger partial charge in [0, 0.05) is 18.9 Å². The molecular formula is C11H19N. The topological polar surface area (TPSA) is 3.24 Å². The van der Waals surface area contributed by atoms with E-state index in [-0.39, 0.29) is 0 Å². The van der Waals surface area contributed by atoms with Crippen LogP contribution in [0.5, 0.6) is 0 Å². The van der Waals surface area contributed by atoms with Gasteiger partial charge >= 0.3 is 0 Å². The fraction of sp³-hybridized carbons (Fsp3) is 0.455. The summed E-state index contributed by atoms with van der Waals surface area (Å²) < 4.78 is 0. The maximum Gasteiger partial charge on any atom is 0.0109 e. The highest BCUT2D eigenvalue weighted by atomic mass is 15.1. The van der Waals surface area contributed by atoms with Crippen LogP contribution < -0.4 is 0 Å². The van der Waals surface area contributed by atoms with Gasteiger partial charge in [0.15, 0.2) is 0 Å². The van der Waals surface area contributed by atoms with Crippen LogP contribution in [0.4, 0.5) is 0 Å². The fourth-order valence-electron chi connectivity index (χ4n) is 0.867. The Morgan fingerprint density at radius 3 is 2.42 bits per heavy atom. The van der Waals surface area contributed by atoms with Gasteiger partial charge in [0.2, 0.25) is 0 Å². The smallest absolute Gasteiger partial charge is 0.0109 e. The molecule has 0 fully saturated rings. The predicted octanol–water partition coefficient (Wildman–Crippen LogP) is 3.32. The van der Waals surface area contributed by atoms with E-state index in [1.165, 1.54) is 5.57 Å². The van der Waals surface area contributed by atoms with Gasteiger partial charge in [-0.2, -0.15) is 0 Å². The molecule has 0 aromatic heterocycles. The molecule has 68 valence electrons. The van der Waals surface area contributed by atoms with Crippen molar-refractivity contribution in [3.8, 4) is 0 Å². The van der Waals surface area contributed by atoms with Crippen LogP contribution in [0.2, 0.25) is 0 Å². The van der Waals surface area contributed by atoms with Crippen LogP contribution in [0.15, 0.2) is 36.7 Å². The number of nitrogens with zero attached hydrogens (tertiary/aromatic N) is 1. The Balaban J connectivity index is 4.26. The Kier molecular flexibility index (Phi) is 5.18.